The third-order valence-corrected chi connectivity index (χ3v) is 7.20. The first kappa shape index (κ1) is 22.3. The van der Waals surface area contributed by atoms with Gasteiger partial charge in [-0.1, -0.05) is 23.9 Å². The largest absolute Gasteiger partial charge is 0.497 e. The van der Waals surface area contributed by atoms with E-state index < -0.39 is 0 Å². The van der Waals surface area contributed by atoms with Crippen LogP contribution in [0, 0.1) is 0 Å². The molecule has 9 nitrogen and oxygen atoms in total. The van der Waals surface area contributed by atoms with Crippen LogP contribution in [0.25, 0.3) is 16.7 Å². The molecule has 1 aliphatic heterocycles. The standard InChI is InChI=1S/C24H25N5O4S/c1-27-22(31)16-7-4-5-8-19(16)29-23(27)25-26-24(29)34-14-21(30)28-12-6-9-18(28)17-13-15(32-2)10-11-20(17)33-3/h4-5,7-8,10-11,13,18H,6,9,12,14H2,1-3H3/t18-/m1/s1. The summed E-state index contributed by atoms with van der Waals surface area (Å²) in [6, 6.07) is 13.0. The molecular formula is C24H25N5O4S. The number of hydrogen-bond acceptors (Lipinski definition) is 7. The molecule has 1 aliphatic rings. The molecule has 0 radical (unpaired) electrons. The van der Waals surface area contributed by atoms with E-state index in [-0.39, 0.29) is 23.3 Å². The van der Waals surface area contributed by atoms with Crippen molar-refractivity contribution in [3.63, 3.8) is 0 Å². The monoisotopic (exact) mass is 479 g/mol. The number of benzene rings is 2. The Labute approximate surface area is 200 Å². The Morgan fingerprint density at radius 3 is 2.76 bits per heavy atom. The van der Waals surface area contributed by atoms with E-state index in [0.29, 0.717) is 22.9 Å². The minimum atomic E-state index is -0.129. The van der Waals surface area contributed by atoms with Crippen LogP contribution in [-0.2, 0) is 11.8 Å². The van der Waals surface area contributed by atoms with Gasteiger partial charge in [0.25, 0.3) is 5.56 Å². The second-order valence-corrected chi connectivity index (χ2v) is 9.08. The Hall–Kier alpha value is -3.53. The van der Waals surface area contributed by atoms with Gasteiger partial charge in [0, 0.05) is 19.2 Å². The summed E-state index contributed by atoms with van der Waals surface area (Å²) in [5.74, 6) is 2.15. The maximum Gasteiger partial charge on any atom is 0.262 e. The Balaban J connectivity index is 1.42. The average molecular weight is 480 g/mol. The van der Waals surface area contributed by atoms with Gasteiger partial charge >= 0.3 is 0 Å². The summed E-state index contributed by atoms with van der Waals surface area (Å²) in [6.07, 6.45) is 1.78. The number of likely N-dealkylation sites (tertiary alicyclic amines) is 1. The molecule has 1 atom stereocenters. The Morgan fingerprint density at radius 2 is 1.97 bits per heavy atom. The van der Waals surface area contributed by atoms with Crippen LogP contribution in [0.15, 0.2) is 52.4 Å². The molecule has 1 amide bonds. The molecule has 176 valence electrons. The third-order valence-electron chi connectivity index (χ3n) is 6.29. The van der Waals surface area contributed by atoms with Gasteiger partial charge in [0.15, 0.2) is 5.16 Å². The van der Waals surface area contributed by atoms with E-state index in [1.165, 1.54) is 16.3 Å². The SMILES string of the molecule is COc1ccc(OC)c([C@H]2CCCN2C(=O)CSc2nnc3n(C)c(=O)c4ccccc4n23)c1. The van der Waals surface area contributed by atoms with E-state index >= 15 is 0 Å². The van der Waals surface area contributed by atoms with Crippen LogP contribution in [0.5, 0.6) is 11.5 Å². The zero-order valence-electron chi connectivity index (χ0n) is 19.2. The van der Waals surface area contributed by atoms with Gasteiger partial charge in [0.2, 0.25) is 11.7 Å². The highest BCUT2D eigenvalue weighted by atomic mass is 32.2. The van der Waals surface area contributed by atoms with Crippen molar-refractivity contribution in [2.45, 2.75) is 24.0 Å². The molecule has 0 N–H and O–H groups in total. The number of hydrogen-bond donors (Lipinski definition) is 0. The lowest BCUT2D eigenvalue weighted by Gasteiger charge is -2.26. The zero-order valence-corrected chi connectivity index (χ0v) is 20.0. The lowest BCUT2D eigenvalue weighted by molar-refractivity contribution is -0.129. The van der Waals surface area contributed by atoms with Crippen molar-refractivity contribution in [2.24, 2.45) is 7.05 Å². The first-order chi connectivity index (χ1) is 16.5. The van der Waals surface area contributed by atoms with Crippen LogP contribution in [-0.4, -0.2) is 56.5 Å². The lowest BCUT2D eigenvalue weighted by atomic mass is 10.0. The fourth-order valence-electron chi connectivity index (χ4n) is 4.60. The van der Waals surface area contributed by atoms with Gasteiger partial charge in [-0.05, 0) is 43.2 Å². The number of amides is 1. The van der Waals surface area contributed by atoms with Crippen LogP contribution >= 0.6 is 11.8 Å². The van der Waals surface area contributed by atoms with Crippen molar-refractivity contribution in [2.75, 3.05) is 26.5 Å². The summed E-state index contributed by atoms with van der Waals surface area (Å²) in [5.41, 5.74) is 1.54. The topological polar surface area (TPSA) is 91.0 Å². The smallest absolute Gasteiger partial charge is 0.262 e. The molecular weight excluding hydrogens is 454 g/mol. The number of rotatable bonds is 6. The fourth-order valence-corrected chi connectivity index (χ4v) is 5.43. The number of ether oxygens (including phenoxy) is 2. The number of fused-ring (bicyclic) bond motifs is 3. The van der Waals surface area contributed by atoms with Crippen molar-refractivity contribution in [1.29, 1.82) is 0 Å². The highest BCUT2D eigenvalue weighted by Gasteiger charge is 2.32. The molecule has 0 spiro atoms. The summed E-state index contributed by atoms with van der Waals surface area (Å²) < 4.78 is 14.3. The first-order valence-corrected chi connectivity index (χ1v) is 12.0. The van der Waals surface area contributed by atoms with Crippen molar-refractivity contribution in [3.8, 4) is 11.5 Å². The summed E-state index contributed by atoms with van der Waals surface area (Å²) in [7, 11) is 4.94. The molecule has 2 aromatic heterocycles. The zero-order chi connectivity index (χ0) is 23.8. The lowest BCUT2D eigenvalue weighted by Crippen LogP contribution is -2.32. The highest BCUT2D eigenvalue weighted by Crippen LogP contribution is 2.39. The maximum absolute atomic E-state index is 13.3. The Morgan fingerprint density at radius 1 is 1.15 bits per heavy atom. The number of aromatic nitrogens is 4. The molecule has 5 rings (SSSR count). The number of para-hydroxylation sites is 1. The molecule has 0 unspecified atom stereocenters. The van der Waals surface area contributed by atoms with Gasteiger partial charge in [-0.15, -0.1) is 10.2 Å². The van der Waals surface area contributed by atoms with Gasteiger partial charge in [-0.2, -0.15) is 0 Å². The minimum Gasteiger partial charge on any atom is -0.497 e. The number of aryl methyl sites for hydroxylation is 1. The van der Waals surface area contributed by atoms with Gasteiger partial charge in [-0.25, -0.2) is 0 Å². The molecule has 10 heteroatoms. The van der Waals surface area contributed by atoms with Gasteiger partial charge in [0.05, 0.1) is 36.9 Å². The van der Waals surface area contributed by atoms with Crippen molar-refractivity contribution < 1.29 is 14.3 Å². The fraction of sp³-hybridized carbons (Fsp3) is 0.333. The summed E-state index contributed by atoms with van der Waals surface area (Å²) in [4.78, 5) is 27.9. The van der Waals surface area contributed by atoms with Gasteiger partial charge in [-0.3, -0.25) is 18.6 Å². The molecule has 0 aliphatic carbocycles. The van der Waals surface area contributed by atoms with Crippen LogP contribution in [0.4, 0.5) is 0 Å². The number of nitrogens with zero attached hydrogens (tertiary/aromatic N) is 5. The third kappa shape index (κ3) is 3.67. The quantitative estimate of drug-likeness (QED) is 0.393. The van der Waals surface area contributed by atoms with E-state index in [1.54, 1.807) is 27.3 Å². The molecule has 3 heterocycles. The van der Waals surface area contributed by atoms with Crippen molar-refractivity contribution in [1.82, 2.24) is 24.1 Å². The van der Waals surface area contributed by atoms with Gasteiger partial charge in [0.1, 0.15) is 11.5 Å². The van der Waals surface area contributed by atoms with E-state index in [4.69, 9.17) is 9.47 Å². The van der Waals surface area contributed by atoms with E-state index in [1.807, 2.05) is 45.7 Å². The van der Waals surface area contributed by atoms with Crippen molar-refractivity contribution in [3.05, 3.63) is 58.4 Å². The van der Waals surface area contributed by atoms with E-state index in [0.717, 1.165) is 35.4 Å². The predicted molar refractivity (Wildman–Crippen MR) is 130 cm³/mol. The second kappa shape index (κ2) is 9.02. The number of thioether (sulfide) groups is 1. The first-order valence-electron chi connectivity index (χ1n) is 11.0. The van der Waals surface area contributed by atoms with Crippen LogP contribution in [0.1, 0.15) is 24.4 Å². The molecule has 34 heavy (non-hydrogen) atoms. The Kier molecular flexibility index (Phi) is 5.91. The van der Waals surface area contributed by atoms with E-state index in [9.17, 15) is 9.59 Å². The van der Waals surface area contributed by atoms with Crippen LogP contribution in [0.3, 0.4) is 0 Å². The molecule has 0 bridgehead atoms. The van der Waals surface area contributed by atoms with Gasteiger partial charge < -0.3 is 14.4 Å². The van der Waals surface area contributed by atoms with E-state index in [2.05, 4.69) is 10.2 Å². The molecule has 2 aromatic carbocycles. The molecule has 1 fully saturated rings. The molecule has 4 aromatic rings. The summed E-state index contributed by atoms with van der Waals surface area (Å²) in [5, 5.41) is 9.64. The number of methoxy groups -OCH3 is 2. The second-order valence-electron chi connectivity index (χ2n) is 8.14. The predicted octanol–water partition coefficient (Wildman–Crippen LogP) is 3.05. The molecule has 0 saturated carbocycles. The van der Waals surface area contributed by atoms with Crippen molar-refractivity contribution >= 4 is 34.3 Å². The highest BCUT2D eigenvalue weighted by molar-refractivity contribution is 7.99. The number of carbonyl (C=O) groups is 1. The van der Waals surface area contributed by atoms with Crippen LogP contribution < -0.4 is 15.0 Å². The Bertz CT molecular complexity index is 1450. The molecule has 1 saturated heterocycles. The average Bonchev–Trinajstić information content (AvgIpc) is 3.53. The maximum atomic E-state index is 13.3. The van der Waals surface area contributed by atoms with Crippen LogP contribution in [0.2, 0.25) is 0 Å². The summed E-state index contributed by atoms with van der Waals surface area (Å²) in [6.45, 7) is 0.683. The number of carbonyl (C=O) groups excluding carboxylic acids is 1. The summed E-state index contributed by atoms with van der Waals surface area (Å²) >= 11 is 1.32. The normalized spacial score (nSPS) is 15.9. The minimum absolute atomic E-state index is 0.0169.